The molecule has 0 spiro atoms. The Morgan fingerprint density at radius 2 is 1.75 bits per heavy atom. The van der Waals surface area contributed by atoms with E-state index in [2.05, 4.69) is 10.2 Å². The van der Waals surface area contributed by atoms with E-state index in [-0.39, 0.29) is 6.04 Å². The first-order valence-electron chi connectivity index (χ1n) is 6.32. The van der Waals surface area contributed by atoms with E-state index in [4.69, 9.17) is 0 Å². The van der Waals surface area contributed by atoms with Crippen LogP contribution in [0.3, 0.4) is 0 Å². The van der Waals surface area contributed by atoms with Gasteiger partial charge in [-0.1, -0.05) is 0 Å². The van der Waals surface area contributed by atoms with Crippen LogP contribution in [0.25, 0.3) is 0 Å². The molecule has 5 heteroatoms. The minimum absolute atomic E-state index is 0.289. The Hall–Kier alpha value is -0.130. The molecular weight excluding hydrogens is 224 g/mol. The molecule has 0 aliphatic carbocycles. The van der Waals surface area contributed by atoms with Crippen molar-refractivity contribution in [3.05, 3.63) is 0 Å². The molecular formula is C11H22N2O2S. The van der Waals surface area contributed by atoms with Gasteiger partial charge in [0.05, 0.1) is 11.5 Å². The highest BCUT2D eigenvalue weighted by atomic mass is 32.2. The van der Waals surface area contributed by atoms with E-state index in [1.807, 2.05) is 0 Å². The number of nitrogens with zero attached hydrogens (tertiary/aromatic N) is 1. The molecule has 16 heavy (non-hydrogen) atoms. The molecule has 0 amide bonds. The lowest BCUT2D eigenvalue weighted by molar-refractivity contribution is 0.183. The van der Waals surface area contributed by atoms with Crippen LogP contribution in [0.1, 0.15) is 25.7 Å². The van der Waals surface area contributed by atoms with Crippen molar-refractivity contribution in [3.8, 4) is 0 Å². The Balaban J connectivity index is 1.93. The first-order chi connectivity index (χ1) is 7.67. The van der Waals surface area contributed by atoms with E-state index < -0.39 is 9.84 Å². The van der Waals surface area contributed by atoms with E-state index in [1.54, 1.807) is 0 Å². The Bertz CT molecular complexity index is 308. The van der Waals surface area contributed by atoms with Crippen molar-refractivity contribution in [1.82, 2.24) is 10.2 Å². The summed E-state index contributed by atoms with van der Waals surface area (Å²) in [5, 5.41) is 3.38. The Morgan fingerprint density at radius 3 is 2.38 bits per heavy atom. The minimum Gasteiger partial charge on any atom is -0.317 e. The predicted molar refractivity (Wildman–Crippen MR) is 65.4 cm³/mol. The van der Waals surface area contributed by atoms with Crippen LogP contribution in [0.2, 0.25) is 0 Å². The zero-order valence-corrected chi connectivity index (χ0v) is 10.6. The first kappa shape index (κ1) is 12.3. The van der Waals surface area contributed by atoms with Gasteiger partial charge in [-0.15, -0.1) is 0 Å². The topological polar surface area (TPSA) is 49.4 Å². The quantitative estimate of drug-likeness (QED) is 0.720. The van der Waals surface area contributed by atoms with Crippen LogP contribution in [0.4, 0.5) is 0 Å². The molecule has 2 aliphatic rings. The molecule has 0 saturated carbocycles. The average molecular weight is 246 g/mol. The molecule has 2 fully saturated rings. The maximum absolute atomic E-state index is 11.6. The van der Waals surface area contributed by atoms with Gasteiger partial charge >= 0.3 is 0 Å². The molecule has 1 atom stereocenters. The summed E-state index contributed by atoms with van der Waals surface area (Å²) in [5.41, 5.74) is 0. The normalized spacial score (nSPS) is 32.9. The Morgan fingerprint density at radius 1 is 1.06 bits per heavy atom. The first-order valence-corrected chi connectivity index (χ1v) is 8.15. The maximum Gasteiger partial charge on any atom is 0.151 e. The monoisotopic (exact) mass is 246 g/mol. The molecule has 1 N–H and O–H groups in total. The highest BCUT2D eigenvalue weighted by Gasteiger charge is 2.28. The van der Waals surface area contributed by atoms with Crippen LogP contribution in [0.5, 0.6) is 0 Å². The Kier molecular flexibility index (Phi) is 4.21. The highest BCUT2D eigenvalue weighted by molar-refractivity contribution is 7.91. The van der Waals surface area contributed by atoms with Crippen LogP contribution in [-0.4, -0.2) is 57.0 Å². The summed E-state index contributed by atoms with van der Waals surface area (Å²) < 4.78 is 23.2. The molecule has 94 valence electrons. The molecule has 0 aromatic heterocycles. The molecule has 2 aliphatic heterocycles. The van der Waals surface area contributed by atoms with E-state index in [0.29, 0.717) is 11.5 Å². The van der Waals surface area contributed by atoms with Crippen LogP contribution >= 0.6 is 0 Å². The molecule has 0 radical (unpaired) electrons. The summed E-state index contributed by atoms with van der Waals surface area (Å²) in [7, 11) is -2.76. The zero-order valence-electron chi connectivity index (χ0n) is 9.82. The van der Waals surface area contributed by atoms with Crippen molar-refractivity contribution in [1.29, 1.82) is 0 Å². The van der Waals surface area contributed by atoms with Gasteiger partial charge in [-0.05, 0) is 51.9 Å². The Labute approximate surface area is 98.3 Å². The van der Waals surface area contributed by atoms with Crippen LogP contribution in [-0.2, 0) is 9.84 Å². The molecule has 0 bridgehead atoms. The lowest BCUT2D eigenvalue weighted by Crippen LogP contribution is -2.46. The van der Waals surface area contributed by atoms with E-state index in [1.165, 1.54) is 0 Å². The second kappa shape index (κ2) is 5.47. The lowest BCUT2D eigenvalue weighted by atomic mass is 10.1. The van der Waals surface area contributed by atoms with Gasteiger partial charge in [0.1, 0.15) is 0 Å². The lowest BCUT2D eigenvalue weighted by Gasteiger charge is -2.35. The second-order valence-corrected chi connectivity index (χ2v) is 7.13. The molecule has 0 aromatic carbocycles. The van der Waals surface area contributed by atoms with Crippen molar-refractivity contribution in [2.75, 3.05) is 37.7 Å². The summed E-state index contributed by atoms with van der Waals surface area (Å²) in [6, 6.07) is 0.289. The van der Waals surface area contributed by atoms with Gasteiger partial charge in [-0.2, -0.15) is 0 Å². The van der Waals surface area contributed by atoms with Gasteiger partial charge in [0.2, 0.25) is 0 Å². The summed E-state index contributed by atoms with van der Waals surface area (Å²) >= 11 is 0. The third kappa shape index (κ3) is 3.43. The molecule has 2 rings (SSSR count). The smallest absolute Gasteiger partial charge is 0.151 e. The summed E-state index contributed by atoms with van der Waals surface area (Å²) in [4.78, 5) is 2.40. The molecule has 4 nitrogen and oxygen atoms in total. The number of sulfone groups is 1. The summed E-state index contributed by atoms with van der Waals surface area (Å²) in [5.74, 6) is 0.791. The molecule has 2 heterocycles. The fourth-order valence-electron chi connectivity index (χ4n) is 2.70. The fourth-order valence-corrected chi connectivity index (χ4v) is 4.44. The van der Waals surface area contributed by atoms with Gasteiger partial charge in [0.25, 0.3) is 0 Å². The van der Waals surface area contributed by atoms with Crippen LogP contribution in [0, 0.1) is 0 Å². The molecule has 1 unspecified atom stereocenters. The largest absolute Gasteiger partial charge is 0.317 e. The van der Waals surface area contributed by atoms with Crippen LogP contribution in [0.15, 0.2) is 0 Å². The SMILES string of the molecule is O=S1(=O)CCCC(N2CCCNCCC2)C1. The van der Waals surface area contributed by atoms with Crippen molar-refractivity contribution in [2.24, 2.45) is 0 Å². The summed E-state index contributed by atoms with van der Waals surface area (Å²) in [6.45, 7) is 4.23. The van der Waals surface area contributed by atoms with Crippen molar-refractivity contribution >= 4 is 9.84 Å². The standard InChI is InChI=1S/C11H22N2O2S/c14-16(15)9-1-4-11(10-16)13-7-2-5-12-6-3-8-13/h11-12H,1-10H2. The van der Waals surface area contributed by atoms with Crippen LogP contribution < -0.4 is 5.32 Å². The van der Waals surface area contributed by atoms with E-state index in [9.17, 15) is 8.42 Å². The average Bonchev–Trinajstić information content (AvgIpc) is 2.15. The molecule has 2 saturated heterocycles. The van der Waals surface area contributed by atoms with Gasteiger partial charge in [-0.25, -0.2) is 8.42 Å². The van der Waals surface area contributed by atoms with Crippen molar-refractivity contribution in [2.45, 2.75) is 31.7 Å². The number of hydrogen-bond acceptors (Lipinski definition) is 4. The van der Waals surface area contributed by atoms with Gasteiger partial charge in [0.15, 0.2) is 9.84 Å². The minimum atomic E-state index is -2.76. The van der Waals surface area contributed by atoms with E-state index in [0.717, 1.165) is 51.9 Å². The number of rotatable bonds is 1. The van der Waals surface area contributed by atoms with Gasteiger partial charge < -0.3 is 5.32 Å². The third-order valence-corrected chi connectivity index (χ3v) is 5.36. The highest BCUT2D eigenvalue weighted by Crippen LogP contribution is 2.18. The molecule has 0 aromatic rings. The van der Waals surface area contributed by atoms with Crippen molar-refractivity contribution < 1.29 is 8.42 Å². The summed E-state index contributed by atoms with van der Waals surface area (Å²) in [6.07, 6.45) is 4.18. The zero-order chi connectivity index (χ0) is 11.4. The number of hydrogen-bond donors (Lipinski definition) is 1. The second-order valence-electron chi connectivity index (χ2n) is 4.90. The van der Waals surface area contributed by atoms with Crippen molar-refractivity contribution in [3.63, 3.8) is 0 Å². The van der Waals surface area contributed by atoms with E-state index >= 15 is 0 Å². The van der Waals surface area contributed by atoms with Gasteiger partial charge in [-0.3, -0.25) is 4.90 Å². The number of nitrogens with one attached hydrogen (secondary N) is 1. The third-order valence-electron chi connectivity index (χ3n) is 3.55. The fraction of sp³-hybridized carbons (Fsp3) is 1.00. The maximum atomic E-state index is 11.6. The van der Waals surface area contributed by atoms with Gasteiger partial charge in [0, 0.05) is 6.04 Å². The predicted octanol–water partition coefficient (Wildman–Crippen LogP) is 0.249.